The van der Waals surface area contributed by atoms with Gasteiger partial charge in [0.2, 0.25) is 0 Å². The highest BCUT2D eigenvalue weighted by Crippen LogP contribution is 2.17. The normalized spacial score (nSPS) is 16.3. The number of hydrogen-bond acceptors (Lipinski definition) is 5. The topological polar surface area (TPSA) is 81.1 Å². The van der Waals surface area contributed by atoms with Crippen LogP contribution in [0.4, 0.5) is 0 Å². The van der Waals surface area contributed by atoms with Crippen LogP contribution < -0.4 is 15.4 Å². The fourth-order valence-corrected chi connectivity index (χ4v) is 2.94. The number of benzene rings is 1. The number of carbonyl (C=O) groups excluding carboxylic acids is 1. The van der Waals surface area contributed by atoms with Crippen LogP contribution in [-0.4, -0.2) is 47.6 Å². The van der Waals surface area contributed by atoms with Gasteiger partial charge in [-0.05, 0) is 63.0 Å². The third-order valence-corrected chi connectivity index (χ3v) is 4.43. The summed E-state index contributed by atoms with van der Waals surface area (Å²) in [5.74, 6) is 1.26. The number of aromatic nitrogens is 3. The smallest absolute Gasteiger partial charge is 0.273 e. The fourth-order valence-electron chi connectivity index (χ4n) is 2.94. The van der Waals surface area contributed by atoms with Crippen molar-refractivity contribution in [1.82, 2.24) is 25.6 Å². The minimum absolute atomic E-state index is 0. The standard InChI is InChI=1S/C17H23N5O2.ClH/c1-12-16(17(23)19-10-8-13-7-9-18-11-13)20-21-22(12)14-3-5-15(24-2)6-4-14;/h3-6,13,18H,7-11H2,1-2H3,(H,19,23);1H. The molecule has 8 heteroatoms. The molecule has 1 aliphatic rings. The van der Waals surface area contributed by atoms with E-state index in [9.17, 15) is 4.79 Å². The van der Waals surface area contributed by atoms with E-state index in [0.29, 0.717) is 18.2 Å². The summed E-state index contributed by atoms with van der Waals surface area (Å²) in [5, 5.41) is 14.4. The molecule has 2 heterocycles. The van der Waals surface area contributed by atoms with Crippen molar-refractivity contribution < 1.29 is 9.53 Å². The zero-order valence-electron chi connectivity index (χ0n) is 14.5. The number of halogens is 1. The Balaban J connectivity index is 0.00000225. The molecule has 3 rings (SSSR count). The lowest BCUT2D eigenvalue weighted by molar-refractivity contribution is 0.0946. The van der Waals surface area contributed by atoms with Crippen molar-refractivity contribution in [2.24, 2.45) is 5.92 Å². The Kier molecular flexibility index (Phi) is 6.78. The van der Waals surface area contributed by atoms with Gasteiger partial charge in [0.15, 0.2) is 5.69 Å². The van der Waals surface area contributed by atoms with Crippen molar-refractivity contribution >= 4 is 18.3 Å². The number of hydrogen-bond donors (Lipinski definition) is 2. The molecule has 1 aromatic heterocycles. The number of ether oxygens (including phenoxy) is 1. The van der Waals surface area contributed by atoms with Gasteiger partial charge in [0.25, 0.3) is 5.91 Å². The molecule has 0 saturated carbocycles. The van der Waals surface area contributed by atoms with E-state index >= 15 is 0 Å². The van der Waals surface area contributed by atoms with Gasteiger partial charge in [-0.2, -0.15) is 0 Å². The zero-order valence-corrected chi connectivity index (χ0v) is 15.3. The van der Waals surface area contributed by atoms with Gasteiger partial charge in [-0.3, -0.25) is 4.79 Å². The van der Waals surface area contributed by atoms with Crippen molar-refractivity contribution in [3.8, 4) is 11.4 Å². The van der Waals surface area contributed by atoms with Gasteiger partial charge < -0.3 is 15.4 Å². The fraction of sp³-hybridized carbons (Fsp3) is 0.471. The van der Waals surface area contributed by atoms with Gasteiger partial charge in [0.1, 0.15) is 5.75 Å². The summed E-state index contributed by atoms with van der Waals surface area (Å²) in [6.07, 6.45) is 2.17. The zero-order chi connectivity index (χ0) is 16.9. The van der Waals surface area contributed by atoms with Gasteiger partial charge in [0.05, 0.1) is 18.5 Å². The highest BCUT2D eigenvalue weighted by atomic mass is 35.5. The van der Waals surface area contributed by atoms with Crippen LogP contribution in [0, 0.1) is 12.8 Å². The summed E-state index contributed by atoms with van der Waals surface area (Å²) in [6.45, 7) is 4.64. The van der Waals surface area contributed by atoms with Crippen molar-refractivity contribution in [2.45, 2.75) is 19.8 Å². The Morgan fingerprint density at radius 2 is 2.16 bits per heavy atom. The van der Waals surface area contributed by atoms with E-state index in [1.807, 2.05) is 31.2 Å². The maximum Gasteiger partial charge on any atom is 0.273 e. The molecule has 1 atom stereocenters. The lowest BCUT2D eigenvalue weighted by Crippen LogP contribution is -2.27. The predicted molar refractivity (Wildman–Crippen MR) is 97.8 cm³/mol. The average Bonchev–Trinajstić information content (AvgIpc) is 3.24. The minimum Gasteiger partial charge on any atom is -0.497 e. The van der Waals surface area contributed by atoms with Gasteiger partial charge in [-0.15, -0.1) is 17.5 Å². The summed E-state index contributed by atoms with van der Waals surface area (Å²) in [4.78, 5) is 12.3. The third kappa shape index (κ3) is 4.49. The predicted octanol–water partition coefficient (Wildman–Crippen LogP) is 1.74. The molecule has 0 spiro atoms. The molecule has 1 aliphatic heterocycles. The first-order valence-corrected chi connectivity index (χ1v) is 8.24. The van der Waals surface area contributed by atoms with Gasteiger partial charge in [-0.25, -0.2) is 4.68 Å². The number of methoxy groups -OCH3 is 1. The molecule has 0 bridgehead atoms. The van der Waals surface area contributed by atoms with Crippen LogP contribution in [0.15, 0.2) is 24.3 Å². The van der Waals surface area contributed by atoms with E-state index in [1.165, 1.54) is 6.42 Å². The Morgan fingerprint density at radius 1 is 1.40 bits per heavy atom. The maximum absolute atomic E-state index is 12.3. The molecule has 1 amide bonds. The maximum atomic E-state index is 12.3. The quantitative estimate of drug-likeness (QED) is 0.814. The van der Waals surface area contributed by atoms with Gasteiger partial charge in [-0.1, -0.05) is 5.21 Å². The Hall–Kier alpha value is -2.12. The second-order valence-electron chi connectivity index (χ2n) is 6.04. The van der Waals surface area contributed by atoms with Gasteiger partial charge in [0, 0.05) is 6.54 Å². The van der Waals surface area contributed by atoms with Crippen LogP contribution in [-0.2, 0) is 0 Å². The Bertz CT molecular complexity index is 696. The van der Waals surface area contributed by atoms with Crippen molar-refractivity contribution in [2.75, 3.05) is 26.7 Å². The van der Waals surface area contributed by atoms with Crippen LogP contribution >= 0.6 is 12.4 Å². The molecule has 0 radical (unpaired) electrons. The van der Waals surface area contributed by atoms with Crippen LogP contribution in [0.2, 0.25) is 0 Å². The molecule has 1 fully saturated rings. The minimum atomic E-state index is -0.168. The van der Waals surface area contributed by atoms with Crippen molar-refractivity contribution in [1.29, 1.82) is 0 Å². The number of nitrogens with zero attached hydrogens (tertiary/aromatic N) is 3. The number of nitrogens with one attached hydrogen (secondary N) is 2. The second-order valence-corrected chi connectivity index (χ2v) is 6.04. The largest absolute Gasteiger partial charge is 0.497 e. The highest BCUT2D eigenvalue weighted by Gasteiger charge is 2.18. The first-order valence-electron chi connectivity index (χ1n) is 8.24. The monoisotopic (exact) mass is 365 g/mol. The molecular formula is C17H24ClN5O2. The number of amides is 1. The average molecular weight is 366 g/mol. The molecule has 2 N–H and O–H groups in total. The van der Waals surface area contributed by atoms with Crippen molar-refractivity contribution in [3.05, 3.63) is 35.7 Å². The second kappa shape index (κ2) is 8.82. The van der Waals surface area contributed by atoms with E-state index in [2.05, 4.69) is 20.9 Å². The number of carbonyl (C=O) groups is 1. The van der Waals surface area contributed by atoms with Crippen LogP contribution in [0.5, 0.6) is 5.75 Å². The molecule has 1 saturated heterocycles. The molecule has 25 heavy (non-hydrogen) atoms. The molecular weight excluding hydrogens is 342 g/mol. The summed E-state index contributed by atoms with van der Waals surface area (Å²) in [6, 6.07) is 7.47. The molecule has 2 aromatic rings. The molecule has 136 valence electrons. The summed E-state index contributed by atoms with van der Waals surface area (Å²) >= 11 is 0. The SMILES string of the molecule is COc1ccc(-n2nnc(C(=O)NCCC3CCNC3)c2C)cc1.Cl. The summed E-state index contributed by atoms with van der Waals surface area (Å²) < 4.78 is 6.81. The molecule has 1 unspecified atom stereocenters. The van der Waals surface area contributed by atoms with E-state index < -0.39 is 0 Å². The highest BCUT2D eigenvalue weighted by molar-refractivity contribution is 5.93. The van der Waals surface area contributed by atoms with Crippen LogP contribution in [0.3, 0.4) is 0 Å². The first-order chi connectivity index (χ1) is 11.7. The van der Waals surface area contributed by atoms with E-state index in [-0.39, 0.29) is 18.3 Å². The third-order valence-electron chi connectivity index (χ3n) is 4.43. The number of rotatable bonds is 6. The Labute approximate surface area is 153 Å². The van der Waals surface area contributed by atoms with Crippen LogP contribution in [0.25, 0.3) is 5.69 Å². The van der Waals surface area contributed by atoms with Crippen molar-refractivity contribution in [3.63, 3.8) is 0 Å². The summed E-state index contributed by atoms with van der Waals surface area (Å²) in [5.41, 5.74) is 1.94. The molecule has 7 nitrogen and oxygen atoms in total. The van der Waals surface area contributed by atoms with Crippen LogP contribution in [0.1, 0.15) is 29.0 Å². The van der Waals surface area contributed by atoms with E-state index in [0.717, 1.165) is 36.6 Å². The lowest BCUT2D eigenvalue weighted by atomic mass is 10.1. The lowest BCUT2D eigenvalue weighted by Gasteiger charge is -2.09. The first kappa shape index (κ1) is 19.2. The van der Waals surface area contributed by atoms with E-state index in [1.54, 1.807) is 11.8 Å². The molecule has 1 aromatic carbocycles. The Morgan fingerprint density at radius 3 is 2.80 bits per heavy atom. The summed E-state index contributed by atoms with van der Waals surface area (Å²) in [7, 11) is 1.62. The molecule has 0 aliphatic carbocycles. The van der Waals surface area contributed by atoms with Gasteiger partial charge >= 0.3 is 0 Å². The van der Waals surface area contributed by atoms with E-state index in [4.69, 9.17) is 4.74 Å².